The van der Waals surface area contributed by atoms with E-state index in [2.05, 4.69) is 25.6 Å². The van der Waals surface area contributed by atoms with Crippen LogP contribution in [0.5, 0.6) is 11.5 Å². The van der Waals surface area contributed by atoms with Crippen molar-refractivity contribution in [3.8, 4) is 11.5 Å². The maximum Gasteiger partial charge on any atom is 0.270 e. The number of amides is 1. The highest BCUT2D eigenvalue weighted by Gasteiger charge is 2.10. The largest absolute Gasteiger partial charge is 0.493 e. The maximum atomic E-state index is 12.4. The van der Waals surface area contributed by atoms with E-state index in [4.69, 9.17) is 9.47 Å². The number of anilines is 1. The number of nitrogens with zero attached hydrogens (tertiary/aromatic N) is 3. The summed E-state index contributed by atoms with van der Waals surface area (Å²) >= 11 is 0. The van der Waals surface area contributed by atoms with Crippen LogP contribution in [-0.4, -0.2) is 35.1 Å². The van der Waals surface area contributed by atoms with Gasteiger partial charge in [-0.05, 0) is 41.5 Å². The highest BCUT2D eigenvalue weighted by atomic mass is 16.5. The number of hydrogen-bond acceptors (Lipinski definition) is 7. The molecule has 0 aliphatic rings. The Balaban J connectivity index is 1.60. The molecule has 3 aromatic rings. The molecule has 1 aromatic carbocycles. The number of carbonyl (C=O) groups excluding carboxylic acids is 1. The maximum absolute atomic E-state index is 12.4. The lowest BCUT2D eigenvalue weighted by Crippen LogP contribution is -2.24. The number of benzene rings is 1. The van der Waals surface area contributed by atoms with Crippen molar-refractivity contribution in [3.63, 3.8) is 0 Å². The van der Waals surface area contributed by atoms with Crippen LogP contribution in [0.2, 0.25) is 0 Å². The summed E-state index contributed by atoms with van der Waals surface area (Å²) in [5, 5.41) is 5.94. The van der Waals surface area contributed by atoms with Crippen molar-refractivity contribution < 1.29 is 14.3 Å². The number of carbonyl (C=O) groups is 1. The lowest BCUT2D eigenvalue weighted by Gasteiger charge is -2.10. The number of hydrogen-bond donors (Lipinski definition) is 2. The quantitative estimate of drug-likeness (QED) is 0.620. The van der Waals surface area contributed by atoms with Gasteiger partial charge >= 0.3 is 0 Å². The van der Waals surface area contributed by atoms with Crippen molar-refractivity contribution in [1.29, 1.82) is 0 Å². The fraction of sp³-hybridized carbons (Fsp3) is 0.200. The van der Waals surface area contributed by atoms with Crippen LogP contribution in [0, 0.1) is 0 Å². The summed E-state index contributed by atoms with van der Waals surface area (Å²) in [5.74, 6) is 1.34. The van der Waals surface area contributed by atoms with Crippen molar-refractivity contribution in [1.82, 2.24) is 20.3 Å². The third-order valence-electron chi connectivity index (χ3n) is 3.99. The van der Waals surface area contributed by atoms with E-state index < -0.39 is 0 Å². The molecule has 1 amide bonds. The lowest BCUT2D eigenvalue weighted by molar-refractivity contribution is 0.0946. The van der Waals surface area contributed by atoms with Gasteiger partial charge in [-0.25, -0.2) is 9.97 Å². The van der Waals surface area contributed by atoms with Gasteiger partial charge < -0.3 is 20.1 Å². The molecule has 2 N–H and O–H groups in total. The molecular weight excluding hydrogens is 358 g/mol. The van der Waals surface area contributed by atoms with Gasteiger partial charge in [-0.2, -0.15) is 0 Å². The second-order valence-corrected chi connectivity index (χ2v) is 5.85. The second-order valence-electron chi connectivity index (χ2n) is 5.85. The zero-order valence-electron chi connectivity index (χ0n) is 15.7. The van der Waals surface area contributed by atoms with E-state index in [1.54, 1.807) is 44.9 Å². The summed E-state index contributed by atoms with van der Waals surface area (Å²) in [6.45, 7) is 0.877. The molecule has 2 heterocycles. The van der Waals surface area contributed by atoms with E-state index in [0.717, 1.165) is 11.1 Å². The third-order valence-corrected chi connectivity index (χ3v) is 3.99. The Bertz CT molecular complexity index is 934. The SMILES string of the molecule is COc1ccc(CNC(=O)c2ccnc(NCc3ccncc3)n2)cc1OC. The Hall–Kier alpha value is -3.68. The number of nitrogens with one attached hydrogen (secondary N) is 2. The molecule has 8 nitrogen and oxygen atoms in total. The first kappa shape index (κ1) is 19.1. The summed E-state index contributed by atoms with van der Waals surface area (Å²) < 4.78 is 10.5. The standard InChI is InChI=1S/C20H21N5O3/c1-27-17-4-3-15(11-18(17)28-2)13-23-19(26)16-7-10-22-20(25-16)24-12-14-5-8-21-9-6-14/h3-11H,12-13H2,1-2H3,(H,23,26)(H,22,24,25). The van der Waals surface area contributed by atoms with E-state index in [1.165, 1.54) is 0 Å². The minimum atomic E-state index is -0.288. The van der Waals surface area contributed by atoms with Crippen LogP contribution in [0.1, 0.15) is 21.6 Å². The van der Waals surface area contributed by atoms with Crippen LogP contribution in [0.25, 0.3) is 0 Å². The Morgan fingerprint density at radius 2 is 1.71 bits per heavy atom. The van der Waals surface area contributed by atoms with Crippen molar-refractivity contribution in [3.05, 3.63) is 71.8 Å². The molecular formula is C20H21N5O3. The first-order valence-electron chi connectivity index (χ1n) is 8.64. The highest BCUT2D eigenvalue weighted by molar-refractivity contribution is 5.92. The second kappa shape index (κ2) is 9.31. The van der Waals surface area contributed by atoms with Gasteiger partial charge in [0, 0.05) is 31.7 Å². The zero-order chi connectivity index (χ0) is 19.8. The summed E-state index contributed by atoms with van der Waals surface area (Å²) in [7, 11) is 3.15. The van der Waals surface area contributed by atoms with Crippen LogP contribution < -0.4 is 20.1 Å². The first-order chi connectivity index (χ1) is 13.7. The third kappa shape index (κ3) is 4.94. The number of aromatic nitrogens is 3. The minimum absolute atomic E-state index is 0.285. The van der Waals surface area contributed by atoms with Crippen LogP contribution in [0.3, 0.4) is 0 Å². The molecule has 0 unspecified atom stereocenters. The smallest absolute Gasteiger partial charge is 0.270 e. The minimum Gasteiger partial charge on any atom is -0.493 e. The monoisotopic (exact) mass is 379 g/mol. The van der Waals surface area contributed by atoms with E-state index in [0.29, 0.717) is 30.5 Å². The molecule has 0 spiro atoms. The predicted molar refractivity (Wildman–Crippen MR) is 104 cm³/mol. The van der Waals surface area contributed by atoms with Crippen LogP contribution in [0.15, 0.2) is 55.0 Å². The molecule has 28 heavy (non-hydrogen) atoms. The first-order valence-corrected chi connectivity index (χ1v) is 8.64. The molecule has 0 saturated carbocycles. The molecule has 3 rings (SSSR count). The van der Waals surface area contributed by atoms with E-state index >= 15 is 0 Å². The average Bonchev–Trinajstić information content (AvgIpc) is 2.76. The Morgan fingerprint density at radius 3 is 2.46 bits per heavy atom. The highest BCUT2D eigenvalue weighted by Crippen LogP contribution is 2.27. The number of ether oxygens (including phenoxy) is 2. The predicted octanol–water partition coefficient (Wildman–Crippen LogP) is 2.43. The molecule has 0 aliphatic carbocycles. The van der Waals surface area contributed by atoms with E-state index in [9.17, 15) is 4.79 Å². The molecule has 0 saturated heterocycles. The van der Waals surface area contributed by atoms with Gasteiger partial charge in [0.1, 0.15) is 5.69 Å². The number of pyridine rings is 1. The molecule has 8 heteroatoms. The molecule has 0 aliphatic heterocycles. The fourth-order valence-electron chi connectivity index (χ4n) is 2.52. The normalized spacial score (nSPS) is 10.2. The topological polar surface area (TPSA) is 98.3 Å². The van der Waals surface area contributed by atoms with Gasteiger partial charge in [0.15, 0.2) is 11.5 Å². The van der Waals surface area contributed by atoms with E-state index in [-0.39, 0.29) is 11.6 Å². The van der Waals surface area contributed by atoms with Gasteiger partial charge in [-0.15, -0.1) is 0 Å². The van der Waals surface area contributed by atoms with Crippen molar-refractivity contribution in [2.24, 2.45) is 0 Å². The molecule has 2 aromatic heterocycles. The Kier molecular flexibility index (Phi) is 6.35. The Morgan fingerprint density at radius 1 is 0.929 bits per heavy atom. The van der Waals surface area contributed by atoms with Gasteiger partial charge in [0.25, 0.3) is 5.91 Å². The van der Waals surface area contributed by atoms with E-state index in [1.807, 2.05) is 24.3 Å². The summed E-state index contributed by atoms with van der Waals surface area (Å²) in [6, 6.07) is 10.8. The van der Waals surface area contributed by atoms with Crippen molar-refractivity contribution in [2.45, 2.75) is 13.1 Å². The summed E-state index contributed by atoms with van der Waals surface area (Å²) in [4.78, 5) is 24.8. The van der Waals surface area contributed by atoms with Crippen LogP contribution in [0.4, 0.5) is 5.95 Å². The summed E-state index contributed by atoms with van der Waals surface area (Å²) in [6.07, 6.45) is 4.99. The Labute approximate surface area is 163 Å². The van der Waals surface area contributed by atoms with Gasteiger partial charge in [-0.1, -0.05) is 6.07 Å². The van der Waals surface area contributed by atoms with Gasteiger partial charge in [0.05, 0.1) is 14.2 Å². The molecule has 0 fully saturated rings. The van der Waals surface area contributed by atoms with Crippen LogP contribution >= 0.6 is 0 Å². The molecule has 0 radical (unpaired) electrons. The van der Waals surface area contributed by atoms with Crippen molar-refractivity contribution in [2.75, 3.05) is 19.5 Å². The lowest BCUT2D eigenvalue weighted by atomic mass is 10.2. The van der Waals surface area contributed by atoms with Gasteiger partial charge in [0.2, 0.25) is 5.95 Å². The van der Waals surface area contributed by atoms with Gasteiger partial charge in [-0.3, -0.25) is 9.78 Å². The number of methoxy groups -OCH3 is 2. The van der Waals surface area contributed by atoms with Crippen LogP contribution in [-0.2, 0) is 13.1 Å². The summed E-state index contributed by atoms with van der Waals surface area (Å²) in [5.41, 5.74) is 2.21. The molecule has 0 bridgehead atoms. The molecule has 0 atom stereocenters. The molecule has 144 valence electrons. The average molecular weight is 379 g/mol. The van der Waals surface area contributed by atoms with Crippen molar-refractivity contribution >= 4 is 11.9 Å². The number of rotatable bonds is 8. The zero-order valence-corrected chi connectivity index (χ0v) is 15.7. The fourth-order valence-corrected chi connectivity index (χ4v) is 2.52.